The lowest BCUT2D eigenvalue weighted by Crippen LogP contribution is -2.41. The van der Waals surface area contributed by atoms with E-state index in [4.69, 9.17) is 9.31 Å². The molecule has 0 radical (unpaired) electrons. The Kier molecular flexibility index (Phi) is 3.66. The van der Waals surface area contributed by atoms with Gasteiger partial charge in [-0.1, -0.05) is 41.9 Å². The fourth-order valence-corrected chi connectivity index (χ4v) is 2.42. The molecule has 2 rings (SSSR count). The molecule has 0 amide bonds. The quantitative estimate of drug-likeness (QED) is 0.752. The van der Waals surface area contributed by atoms with E-state index < -0.39 is 0 Å². The van der Waals surface area contributed by atoms with Crippen LogP contribution in [-0.4, -0.2) is 18.3 Å². The van der Waals surface area contributed by atoms with Crippen LogP contribution in [0.25, 0.3) is 0 Å². The molecule has 1 aliphatic heterocycles. The summed E-state index contributed by atoms with van der Waals surface area (Å²) in [6.07, 6.45) is 0. The van der Waals surface area contributed by atoms with Gasteiger partial charge in [0, 0.05) is 9.79 Å². The lowest BCUT2D eigenvalue weighted by molar-refractivity contribution is 0.00578. The Balaban J connectivity index is 2.29. The Bertz CT molecular complexity index is 450. The van der Waals surface area contributed by atoms with Crippen molar-refractivity contribution < 1.29 is 9.31 Å². The molecule has 0 spiro atoms. The van der Waals surface area contributed by atoms with Gasteiger partial charge in [-0.2, -0.15) is 0 Å². The summed E-state index contributed by atoms with van der Waals surface area (Å²) in [7, 11) is -0.237. The molecule has 4 heteroatoms. The van der Waals surface area contributed by atoms with Crippen LogP contribution in [0, 0.1) is 0 Å². The van der Waals surface area contributed by atoms with Crippen LogP contribution < -0.4 is 0 Å². The van der Waals surface area contributed by atoms with E-state index in [0.29, 0.717) is 0 Å². The number of halogens is 1. The first kappa shape index (κ1) is 15.1. The topological polar surface area (TPSA) is 18.5 Å². The van der Waals surface area contributed by atoms with Crippen molar-refractivity contribution in [3.63, 3.8) is 0 Å². The van der Waals surface area contributed by atoms with E-state index in [1.54, 1.807) is 0 Å². The second-order valence-corrected chi connectivity index (χ2v) is 7.73. The van der Waals surface area contributed by atoms with Crippen LogP contribution in [0.1, 0.15) is 47.1 Å². The van der Waals surface area contributed by atoms with Crippen molar-refractivity contribution in [3.8, 4) is 0 Å². The highest BCUT2D eigenvalue weighted by Gasteiger charge is 2.56. The van der Waals surface area contributed by atoms with E-state index >= 15 is 0 Å². The first-order valence-corrected chi connectivity index (χ1v) is 7.47. The molecule has 1 saturated heterocycles. The van der Waals surface area contributed by atoms with Crippen molar-refractivity contribution in [1.82, 2.24) is 0 Å². The van der Waals surface area contributed by atoms with E-state index in [1.165, 1.54) is 5.56 Å². The van der Waals surface area contributed by atoms with Gasteiger partial charge in [0.2, 0.25) is 0 Å². The van der Waals surface area contributed by atoms with Crippen LogP contribution in [-0.2, 0) is 14.6 Å². The molecule has 0 saturated carbocycles. The minimum absolute atomic E-state index is 0.189. The van der Waals surface area contributed by atoms with Gasteiger partial charge in [-0.15, -0.1) is 0 Å². The number of hydrogen-bond acceptors (Lipinski definition) is 2. The predicted molar refractivity (Wildman–Crippen MR) is 83.3 cm³/mol. The highest BCUT2D eigenvalue weighted by Crippen LogP contribution is 2.43. The molecule has 0 aliphatic carbocycles. The minimum atomic E-state index is -0.287. The zero-order chi connectivity index (χ0) is 14.5. The van der Waals surface area contributed by atoms with Crippen LogP contribution in [0.5, 0.6) is 0 Å². The Hall–Kier alpha value is -0.315. The van der Waals surface area contributed by atoms with Crippen LogP contribution >= 0.6 is 15.9 Å². The maximum absolute atomic E-state index is 6.18. The van der Waals surface area contributed by atoms with Crippen molar-refractivity contribution in [2.24, 2.45) is 0 Å². The van der Waals surface area contributed by atoms with Crippen molar-refractivity contribution >= 4 is 23.0 Å². The van der Waals surface area contributed by atoms with Crippen molar-refractivity contribution in [2.75, 3.05) is 0 Å². The van der Waals surface area contributed by atoms with Crippen LogP contribution in [0.4, 0.5) is 0 Å². The highest BCUT2D eigenvalue weighted by atomic mass is 79.9. The monoisotopic (exact) mass is 324 g/mol. The second-order valence-electron chi connectivity index (χ2n) is 6.82. The summed E-state index contributed by atoms with van der Waals surface area (Å²) < 4.78 is 13.4. The second kappa shape index (κ2) is 4.61. The van der Waals surface area contributed by atoms with Gasteiger partial charge in [0.15, 0.2) is 0 Å². The standard InChI is InChI=1S/C15H22BBrO2/c1-13(2,11-7-9-12(17)10-8-11)16-18-14(3,4)15(5,6)19-16/h7-10H,1-6H3. The molecule has 19 heavy (non-hydrogen) atoms. The third-order valence-electron chi connectivity index (χ3n) is 4.43. The van der Waals surface area contributed by atoms with Crippen molar-refractivity contribution in [1.29, 1.82) is 0 Å². The summed E-state index contributed by atoms with van der Waals surface area (Å²) in [4.78, 5) is 0. The Morgan fingerprint density at radius 2 is 1.37 bits per heavy atom. The third-order valence-corrected chi connectivity index (χ3v) is 4.96. The van der Waals surface area contributed by atoms with Gasteiger partial charge in [0.25, 0.3) is 0 Å². The lowest BCUT2D eigenvalue weighted by Gasteiger charge is -2.32. The molecule has 1 aromatic carbocycles. The zero-order valence-electron chi connectivity index (χ0n) is 12.6. The average Bonchev–Trinajstić information content (AvgIpc) is 2.49. The third kappa shape index (κ3) is 2.63. The van der Waals surface area contributed by atoms with Gasteiger partial charge in [0.05, 0.1) is 11.2 Å². The molecular weight excluding hydrogens is 303 g/mol. The molecular formula is C15H22BBrO2. The Morgan fingerprint density at radius 1 is 0.947 bits per heavy atom. The normalized spacial score (nSPS) is 21.7. The van der Waals surface area contributed by atoms with Gasteiger partial charge in [-0.3, -0.25) is 0 Å². The van der Waals surface area contributed by atoms with Crippen LogP contribution in [0.3, 0.4) is 0 Å². The maximum atomic E-state index is 6.18. The maximum Gasteiger partial charge on any atom is 0.468 e. The van der Waals surface area contributed by atoms with Gasteiger partial charge in [-0.05, 0) is 45.4 Å². The number of rotatable bonds is 2. The molecule has 0 bridgehead atoms. The molecule has 104 valence electrons. The largest absolute Gasteiger partial charge is 0.468 e. The van der Waals surface area contributed by atoms with Gasteiger partial charge < -0.3 is 9.31 Å². The Morgan fingerprint density at radius 3 is 1.79 bits per heavy atom. The minimum Gasteiger partial charge on any atom is -0.403 e. The molecule has 2 nitrogen and oxygen atoms in total. The first-order valence-electron chi connectivity index (χ1n) is 6.68. The zero-order valence-corrected chi connectivity index (χ0v) is 14.2. The lowest BCUT2D eigenvalue weighted by atomic mass is 9.56. The molecule has 0 unspecified atom stereocenters. The molecule has 0 N–H and O–H groups in total. The highest BCUT2D eigenvalue weighted by molar-refractivity contribution is 9.10. The molecule has 1 fully saturated rings. The molecule has 1 aromatic rings. The van der Waals surface area contributed by atoms with E-state index in [9.17, 15) is 0 Å². The van der Waals surface area contributed by atoms with Gasteiger partial charge in [-0.25, -0.2) is 0 Å². The molecule has 0 aromatic heterocycles. The summed E-state index contributed by atoms with van der Waals surface area (Å²) in [5.74, 6) is 0. The van der Waals surface area contributed by atoms with Crippen LogP contribution in [0.2, 0.25) is 0 Å². The van der Waals surface area contributed by atoms with Gasteiger partial charge in [0.1, 0.15) is 0 Å². The number of benzene rings is 1. The smallest absolute Gasteiger partial charge is 0.403 e. The average molecular weight is 325 g/mol. The fourth-order valence-electron chi connectivity index (χ4n) is 2.15. The fraction of sp³-hybridized carbons (Fsp3) is 0.600. The Labute approximate surface area is 125 Å². The summed E-state index contributed by atoms with van der Waals surface area (Å²) in [5.41, 5.74) is 0.642. The molecule has 1 aliphatic rings. The summed E-state index contributed by atoms with van der Waals surface area (Å²) in [6, 6.07) is 8.36. The summed E-state index contributed by atoms with van der Waals surface area (Å²) >= 11 is 3.47. The van der Waals surface area contributed by atoms with Crippen molar-refractivity contribution in [2.45, 2.75) is 58.1 Å². The van der Waals surface area contributed by atoms with E-state index in [-0.39, 0.29) is 23.6 Å². The predicted octanol–water partition coefficient (Wildman–Crippen LogP) is 4.36. The molecule has 0 atom stereocenters. The van der Waals surface area contributed by atoms with E-state index in [0.717, 1.165) is 4.47 Å². The van der Waals surface area contributed by atoms with Gasteiger partial charge >= 0.3 is 7.12 Å². The first-order chi connectivity index (χ1) is 8.56. The van der Waals surface area contributed by atoms with Crippen molar-refractivity contribution in [3.05, 3.63) is 34.3 Å². The van der Waals surface area contributed by atoms with E-state index in [1.807, 2.05) is 0 Å². The summed E-state index contributed by atoms with van der Waals surface area (Å²) in [5, 5.41) is -0.189. The summed E-state index contributed by atoms with van der Waals surface area (Å²) in [6.45, 7) is 12.7. The van der Waals surface area contributed by atoms with Crippen LogP contribution in [0.15, 0.2) is 28.7 Å². The SMILES string of the molecule is CC(C)(B1OC(C)(C)C(C)(C)O1)c1ccc(Br)cc1. The van der Waals surface area contributed by atoms with E-state index in [2.05, 4.69) is 81.7 Å². The molecule has 1 heterocycles. The number of hydrogen-bond donors (Lipinski definition) is 0.